The van der Waals surface area contributed by atoms with Gasteiger partial charge in [0, 0.05) is 25.3 Å². The SMILES string of the molecule is CNC1CCCN(C(=O)c2cnn3ccccc23)C1.Cl. The van der Waals surface area contributed by atoms with Gasteiger partial charge in [0.1, 0.15) is 0 Å². The first-order valence-electron chi connectivity index (χ1n) is 6.68. The van der Waals surface area contributed by atoms with E-state index in [1.807, 2.05) is 36.3 Å². The van der Waals surface area contributed by atoms with Crippen molar-refractivity contribution in [2.24, 2.45) is 0 Å². The lowest BCUT2D eigenvalue weighted by atomic mass is 10.1. The van der Waals surface area contributed by atoms with Crippen LogP contribution in [0.3, 0.4) is 0 Å². The first-order chi connectivity index (χ1) is 9.29. The second-order valence-electron chi connectivity index (χ2n) is 4.97. The summed E-state index contributed by atoms with van der Waals surface area (Å²) in [5, 5.41) is 7.48. The van der Waals surface area contributed by atoms with E-state index in [1.54, 1.807) is 10.7 Å². The first-order valence-corrected chi connectivity index (χ1v) is 6.68. The van der Waals surface area contributed by atoms with Gasteiger partial charge in [-0.15, -0.1) is 12.4 Å². The summed E-state index contributed by atoms with van der Waals surface area (Å²) in [5.74, 6) is 0.0844. The smallest absolute Gasteiger partial charge is 0.257 e. The molecule has 0 saturated carbocycles. The van der Waals surface area contributed by atoms with Crippen LogP contribution in [0.15, 0.2) is 30.6 Å². The number of fused-ring (bicyclic) bond motifs is 1. The average molecular weight is 295 g/mol. The predicted molar refractivity (Wildman–Crippen MR) is 80.4 cm³/mol. The Morgan fingerprint density at radius 2 is 2.30 bits per heavy atom. The van der Waals surface area contributed by atoms with Crippen LogP contribution in [0.2, 0.25) is 0 Å². The Bertz CT molecular complexity index is 598. The molecule has 1 aliphatic rings. The number of rotatable bonds is 2. The number of pyridine rings is 1. The molecule has 0 spiro atoms. The highest BCUT2D eigenvalue weighted by Crippen LogP contribution is 2.17. The molecule has 0 aromatic carbocycles. The lowest BCUT2D eigenvalue weighted by Crippen LogP contribution is -2.46. The number of carbonyl (C=O) groups is 1. The highest BCUT2D eigenvalue weighted by molar-refractivity contribution is 6.00. The molecule has 1 aliphatic heterocycles. The van der Waals surface area contributed by atoms with Crippen molar-refractivity contribution in [1.82, 2.24) is 19.8 Å². The summed E-state index contributed by atoms with van der Waals surface area (Å²) in [5.41, 5.74) is 1.57. The lowest BCUT2D eigenvalue weighted by molar-refractivity contribution is 0.0700. The van der Waals surface area contributed by atoms with Gasteiger partial charge in [-0.25, -0.2) is 4.52 Å². The number of likely N-dealkylation sites (N-methyl/N-ethyl adjacent to an activating group) is 1. The quantitative estimate of drug-likeness (QED) is 0.915. The molecule has 0 aliphatic carbocycles. The molecule has 1 N–H and O–H groups in total. The number of nitrogens with one attached hydrogen (secondary N) is 1. The monoisotopic (exact) mass is 294 g/mol. The van der Waals surface area contributed by atoms with Crippen LogP contribution in [0.5, 0.6) is 0 Å². The zero-order chi connectivity index (χ0) is 13.2. The third kappa shape index (κ3) is 2.64. The Morgan fingerprint density at radius 3 is 3.10 bits per heavy atom. The van der Waals surface area contributed by atoms with Gasteiger partial charge < -0.3 is 10.2 Å². The van der Waals surface area contributed by atoms with E-state index in [4.69, 9.17) is 0 Å². The van der Waals surface area contributed by atoms with E-state index in [1.165, 1.54) is 0 Å². The highest BCUT2D eigenvalue weighted by Gasteiger charge is 2.25. The second kappa shape index (κ2) is 6.24. The summed E-state index contributed by atoms with van der Waals surface area (Å²) < 4.78 is 1.74. The average Bonchev–Trinajstić information content (AvgIpc) is 2.90. The Balaban J connectivity index is 0.00000147. The van der Waals surface area contributed by atoms with Gasteiger partial charge in [-0.2, -0.15) is 5.10 Å². The molecule has 6 heteroatoms. The van der Waals surface area contributed by atoms with Crippen molar-refractivity contribution >= 4 is 23.8 Å². The number of piperidine rings is 1. The maximum atomic E-state index is 12.6. The minimum absolute atomic E-state index is 0. The Kier molecular flexibility index (Phi) is 4.62. The van der Waals surface area contributed by atoms with Crippen LogP contribution < -0.4 is 5.32 Å². The van der Waals surface area contributed by atoms with Crippen molar-refractivity contribution in [2.75, 3.05) is 20.1 Å². The topological polar surface area (TPSA) is 49.6 Å². The molecule has 3 rings (SSSR count). The first kappa shape index (κ1) is 14.8. The number of likely N-dealkylation sites (tertiary alicyclic amines) is 1. The molecule has 1 atom stereocenters. The van der Waals surface area contributed by atoms with Gasteiger partial charge in [0.2, 0.25) is 0 Å². The fourth-order valence-electron chi connectivity index (χ4n) is 2.67. The van der Waals surface area contributed by atoms with Crippen LogP contribution in [0.1, 0.15) is 23.2 Å². The van der Waals surface area contributed by atoms with Crippen molar-refractivity contribution in [1.29, 1.82) is 0 Å². The molecule has 2 aromatic heterocycles. The highest BCUT2D eigenvalue weighted by atomic mass is 35.5. The molecule has 1 unspecified atom stereocenters. The van der Waals surface area contributed by atoms with Gasteiger partial charge in [0.15, 0.2) is 0 Å². The minimum Gasteiger partial charge on any atom is -0.337 e. The molecular weight excluding hydrogens is 276 g/mol. The van der Waals surface area contributed by atoms with E-state index < -0.39 is 0 Å². The number of aromatic nitrogens is 2. The Labute approximate surface area is 124 Å². The van der Waals surface area contributed by atoms with Crippen molar-refractivity contribution < 1.29 is 4.79 Å². The molecule has 108 valence electrons. The largest absolute Gasteiger partial charge is 0.337 e. The summed E-state index contributed by atoms with van der Waals surface area (Å²) in [6.45, 7) is 1.61. The molecule has 1 saturated heterocycles. The van der Waals surface area contributed by atoms with Crippen LogP contribution in [0.4, 0.5) is 0 Å². The van der Waals surface area contributed by atoms with Crippen molar-refractivity contribution in [3.63, 3.8) is 0 Å². The van der Waals surface area contributed by atoms with Crippen LogP contribution in [0, 0.1) is 0 Å². The molecule has 1 amide bonds. The third-order valence-corrected chi connectivity index (χ3v) is 3.77. The molecule has 0 bridgehead atoms. The van der Waals surface area contributed by atoms with E-state index in [0.717, 1.165) is 31.4 Å². The van der Waals surface area contributed by atoms with Gasteiger partial charge in [0.25, 0.3) is 5.91 Å². The molecule has 3 heterocycles. The molecule has 0 radical (unpaired) electrons. The van der Waals surface area contributed by atoms with E-state index in [0.29, 0.717) is 11.6 Å². The Morgan fingerprint density at radius 1 is 1.45 bits per heavy atom. The summed E-state index contributed by atoms with van der Waals surface area (Å²) in [4.78, 5) is 14.5. The van der Waals surface area contributed by atoms with Crippen LogP contribution in [0.25, 0.3) is 5.52 Å². The standard InChI is InChI=1S/C14H18N4O.ClH/c1-15-11-5-4-7-17(10-11)14(19)12-9-16-18-8-3-2-6-13(12)18;/h2-3,6,8-9,11,15H,4-5,7,10H2,1H3;1H. The number of hydrogen-bond donors (Lipinski definition) is 1. The third-order valence-electron chi connectivity index (χ3n) is 3.77. The molecule has 2 aromatic rings. The molecule has 1 fully saturated rings. The van der Waals surface area contributed by atoms with Crippen LogP contribution >= 0.6 is 12.4 Å². The summed E-state index contributed by atoms with van der Waals surface area (Å²) >= 11 is 0. The number of hydrogen-bond acceptors (Lipinski definition) is 3. The van der Waals surface area contributed by atoms with Gasteiger partial charge >= 0.3 is 0 Å². The van der Waals surface area contributed by atoms with Gasteiger partial charge in [-0.05, 0) is 32.0 Å². The maximum absolute atomic E-state index is 12.6. The molecule has 20 heavy (non-hydrogen) atoms. The fourth-order valence-corrected chi connectivity index (χ4v) is 2.67. The van der Waals surface area contributed by atoms with E-state index >= 15 is 0 Å². The van der Waals surface area contributed by atoms with Crippen molar-refractivity contribution in [2.45, 2.75) is 18.9 Å². The van der Waals surface area contributed by atoms with Gasteiger partial charge in [0.05, 0.1) is 17.3 Å². The van der Waals surface area contributed by atoms with Crippen molar-refractivity contribution in [3.05, 3.63) is 36.2 Å². The summed E-state index contributed by atoms with van der Waals surface area (Å²) in [6.07, 6.45) is 5.71. The number of nitrogens with zero attached hydrogens (tertiary/aromatic N) is 3. The second-order valence-corrected chi connectivity index (χ2v) is 4.97. The minimum atomic E-state index is 0. The number of halogens is 1. The van der Waals surface area contributed by atoms with E-state index in [-0.39, 0.29) is 18.3 Å². The van der Waals surface area contributed by atoms with E-state index in [9.17, 15) is 4.79 Å². The predicted octanol–water partition coefficient (Wildman–Crippen LogP) is 1.58. The number of amides is 1. The molecular formula is C14H19ClN4O. The van der Waals surface area contributed by atoms with Gasteiger partial charge in [-0.1, -0.05) is 6.07 Å². The lowest BCUT2D eigenvalue weighted by Gasteiger charge is -2.32. The van der Waals surface area contributed by atoms with Gasteiger partial charge in [-0.3, -0.25) is 4.79 Å². The van der Waals surface area contributed by atoms with Crippen molar-refractivity contribution in [3.8, 4) is 0 Å². The number of carbonyl (C=O) groups excluding carboxylic acids is 1. The van der Waals surface area contributed by atoms with E-state index in [2.05, 4.69) is 10.4 Å². The fraction of sp³-hybridized carbons (Fsp3) is 0.429. The summed E-state index contributed by atoms with van der Waals surface area (Å²) in [6, 6.07) is 6.17. The van der Waals surface area contributed by atoms with Crippen LogP contribution in [-0.4, -0.2) is 46.6 Å². The normalized spacial score (nSPS) is 18.9. The summed E-state index contributed by atoms with van der Waals surface area (Å²) in [7, 11) is 1.95. The zero-order valence-corrected chi connectivity index (χ0v) is 12.3. The van der Waals surface area contributed by atoms with Crippen LogP contribution in [-0.2, 0) is 0 Å². The zero-order valence-electron chi connectivity index (χ0n) is 11.5. The Hall–Kier alpha value is -1.59. The maximum Gasteiger partial charge on any atom is 0.257 e. The molecule has 5 nitrogen and oxygen atoms in total.